The van der Waals surface area contributed by atoms with Gasteiger partial charge >= 0.3 is 23.6 Å². The summed E-state index contributed by atoms with van der Waals surface area (Å²) in [6.45, 7) is 2.20. The fourth-order valence-electron chi connectivity index (χ4n) is 6.38. The van der Waals surface area contributed by atoms with Gasteiger partial charge in [0.05, 0.1) is 16.7 Å². The quantitative estimate of drug-likeness (QED) is 0.117. The average Bonchev–Trinajstić information content (AvgIpc) is 3.24. The molecule has 4 aromatic carbocycles. The number of aromatic amines is 1. The molecule has 290 valence electrons. The van der Waals surface area contributed by atoms with E-state index < -0.39 is 60.3 Å². The second kappa shape index (κ2) is 18.8. The number of methoxy groups -OCH3 is 1. The standard InChI is InChI=1S/C42H42N4O10/c1-53-38(46-27-33(37(48)43-42(46)52)45-24-22-44(23-25-45)26-29-14-6-2-7-15-29)36(56-41(51)32-20-12-5-13-21-32)35(55-40(50)31-18-10-4-11-19-31)34(47)28-54-39(49)30-16-8-3-9-17-30/h2-21,27,34-36,38,47H,22-26,28H2,1H3,(H,43,48,52)/t34-,35-,36+,38?/m1/s1. The van der Waals surface area contributed by atoms with Crippen molar-refractivity contribution in [3.05, 3.63) is 171 Å². The van der Waals surface area contributed by atoms with E-state index in [2.05, 4.69) is 9.88 Å². The molecule has 0 amide bonds. The number of hydrogen-bond donors (Lipinski definition) is 2. The monoisotopic (exact) mass is 762 g/mol. The molecule has 1 aromatic heterocycles. The van der Waals surface area contributed by atoms with Crippen molar-refractivity contribution in [3.8, 4) is 0 Å². The zero-order valence-electron chi connectivity index (χ0n) is 30.6. The Labute approximate surface area is 322 Å². The number of aliphatic hydroxyl groups excluding tert-OH is 1. The van der Waals surface area contributed by atoms with Gasteiger partial charge in [-0.05, 0) is 42.0 Å². The van der Waals surface area contributed by atoms with Crippen LogP contribution in [0.1, 0.15) is 42.9 Å². The van der Waals surface area contributed by atoms with E-state index in [1.54, 1.807) is 54.6 Å². The van der Waals surface area contributed by atoms with E-state index in [1.165, 1.54) is 49.7 Å². The summed E-state index contributed by atoms with van der Waals surface area (Å²) >= 11 is 0. The van der Waals surface area contributed by atoms with Gasteiger partial charge in [-0.2, -0.15) is 0 Å². The lowest BCUT2D eigenvalue weighted by molar-refractivity contribution is -0.153. The first-order valence-electron chi connectivity index (χ1n) is 18.0. The van der Waals surface area contributed by atoms with Crippen LogP contribution in [0.4, 0.5) is 5.69 Å². The highest BCUT2D eigenvalue weighted by Crippen LogP contribution is 2.26. The summed E-state index contributed by atoms with van der Waals surface area (Å²) in [4.78, 5) is 73.6. The third kappa shape index (κ3) is 9.84. The van der Waals surface area contributed by atoms with Gasteiger partial charge in [0.15, 0.2) is 18.4 Å². The number of esters is 3. The van der Waals surface area contributed by atoms with Crippen LogP contribution in [0.3, 0.4) is 0 Å². The van der Waals surface area contributed by atoms with Gasteiger partial charge in [-0.15, -0.1) is 0 Å². The number of rotatable bonds is 15. The topological polar surface area (TPSA) is 170 Å². The molecule has 1 aliphatic heterocycles. The molecular formula is C42H42N4O10. The summed E-state index contributed by atoms with van der Waals surface area (Å²) < 4.78 is 24.1. The van der Waals surface area contributed by atoms with Crippen LogP contribution in [0, 0.1) is 0 Å². The third-order valence-electron chi connectivity index (χ3n) is 9.31. The number of benzene rings is 4. The number of H-pyrrole nitrogens is 1. The van der Waals surface area contributed by atoms with Crippen molar-refractivity contribution in [2.24, 2.45) is 0 Å². The minimum absolute atomic E-state index is 0.1000. The molecule has 1 fully saturated rings. The third-order valence-corrected chi connectivity index (χ3v) is 9.31. The van der Waals surface area contributed by atoms with Crippen molar-refractivity contribution in [1.29, 1.82) is 0 Å². The Morgan fingerprint density at radius 2 is 1.16 bits per heavy atom. The zero-order valence-corrected chi connectivity index (χ0v) is 30.6. The second-order valence-electron chi connectivity index (χ2n) is 13.1. The summed E-state index contributed by atoms with van der Waals surface area (Å²) in [5.41, 5.74) is 0.145. The number of aliphatic hydroxyl groups is 1. The number of carbonyl (C=O) groups is 3. The van der Waals surface area contributed by atoms with Crippen LogP contribution in [0.25, 0.3) is 0 Å². The molecule has 0 bridgehead atoms. The Kier molecular flexibility index (Phi) is 13.2. The lowest BCUT2D eigenvalue weighted by Crippen LogP contribution is -2.52. The highest BCUT2D eigenvalue weighted by Gasteiger charge is 2.43. The van der Waals surface area contributed by atoms with Crippen LogP contribution in [0.5, 0.6) is 0 Å². The molecule has 56 heavy (non-hydrogen) atoms. The van der Waals surface area contributed by atoms with E-state index in [0.29, 0.717) is 26.2 Å². The van der Waals surface area contributed by atoms with E-state index in [0.717, 1.165) is 16.7 Å². The predicted octanol–water partition coefficient (Wildman–Crippen LogP) is 3.67. The van der Waals surface area contributed by atoms with Crippen LogP contribution in [-0.4, -0.2) is 95.7 Å². The van der Waals surface area contributed by atoms with Gasteiger partial charge in [-0.1, -0.05) is 84.9 Å². The zero-order chi connectivity index (χ0) is 39.4. The number of nitrogens with zero attached hydrogens (tertiary/aromatic N) is 3. The van der Waals surface area contributed by atoms with Crippen molar-refractivity contribution in [1.82, 2.24) is 14.5 Å². The minimum Gasteiger partial charge on any atom is -0.459 e. The molecule has 0 spiro atoms. The van der Waals surface area contributed by atoms with Crippen molar-refractivity contribution in [2.75, 3.05) is 44.8 Å². The van der Waals surface area contributed by atoms with Gasteiger partial charge < -0.3 is 29.0 Å². The number of ether oxygens (including phenoxy) is 4. The van der Waals surface area contributed by atoms with E-state index in [-0.39, 0.29) is 22.4 Å². The summed E-state index contributed by atoms with van der Waals surface area (Å²) in [5, 5.41) is 11.7. The number of aromatic nitrogens is 2. The lowest BCUT2D eigenvalue weighted by atomic mass is 10.1. The Morgan fingerprint density at radius 3 is 1.68 bits per heavy atom. The van der Waals surface area contributed by atoms with Gasteiger partial charge in [0.25, 0.3) is 5.56 Å². The van der Waals surface area contributed by atoms with Gasteiger partial charge in [0.1, 0.15) is 18.4 Å². The molecule has 2 heterocycles. The summed E-state index contributed by atoms with van der Waals surface area (Å²) in [6, 6.07) is 33.9. The van der Waals surface area contributed by atoms with E-state index in [9.17, 15) is 29.1 Å². The smallest absolute Gasteiger partial charge is 0.338 e. The molecule has 1 aliphatic rings. The van der Waals surface area contributed by atoms with E-state index >= 15 is 0 Å². The maximum absolute atomic E-state index is 13.7. The normalized spacial score (nSPS) is 15.2. The van der Waals surface area contributed by atoms with E-state index in [1.807, 2.05) is 35.2 Å². The first-order valence-corrected chi connectivity index (χ1v) is 18.0. The van der Waals surface area contributed by atoms with Crippen LogP contribution >= 0.6 is 0 Å². The highest BCUT2D eigenvalue weighted by atomic mass is 16.6. The Hall–Kier alpha value is -6.35. The minimum atomic E-state index is -1.82. The predicted molar refractivity (Wildman–Crippen MR) is 205 cm³/mol. The number of hydrogen-bond acceptors (Lipinski definition) is 12. The Bertz CT molecular complexity index is 2170. The molecule has 14 heteroatoms. The van der Waals surface area contributed by atoms with Gasteiger partial charge in [0.2, 0.25) is 0 Å². The average molecular weight is 763 g/mol. The van der Waals surface area contributed by atoms with Gasteiger partial charge in [0, 0.05) is 46.0 Å². The van der Waals surface area contributed by atoms with Gasteiger partial charge in [-0.3, -0.25) is 19.2 Å². The second-order valence-corrected chi connectivity index (χ2v) is 13.1. The fraction of sp³-hybridized carbons (Fsp3) is 0.262. The summed E-state index contributed by atoms with van der Waals surface area (Å²) in [5.74, 6) is -2.59. The van der Waals surface area contributed by atoms with Crippen molar-refractivity contribution < 1.29 is 38.4 Å². The van der Waals surface area contributed by atoms with Crippen LogP contribution in [0.2, 0.25) is 0 Å². The van der Waals surface area contributed by atoms with Crippen molar-refractivity contribution in [2.45, 2.75) is 31.1 Å². The fourth-order valence-corrected chi connectivity index (χ4v) is 6.38. The Morgan fingerprint density at radius 1 is 0.679 bits per heavy atom. The SMILES string of the molecule is COC([C@@H](OC(=O)c1ccccc1)[C@H](OC(=O)c1ccccc1)[C@H](O)COC(=O)c1ccccc1)n1cc(N2CCN(Cc3ccccc3)CC2)c(=O)[nH]c1=O. The van der Waals surface area contributed by atoms with E-state index in [4.69, 9.17) is 18.9 Å². The maximum Gasteiger partial charge on any atom is 0.338 e. The van der Waals surface area contributed by atoms with Crippen LogP contribution in [0.15, 0.2) is 137 Å². The molecule has 0 saturated carbocycles. The molecule has 14 nitrogen and oxygen atoms in total. The number of piperazine rings is 1. The summed E-state index contributed by atoms with van der Waals surface area (Å²) in [7, 11) is 1.23. The number of carbonyl (C=O) groups excluding carboxylic acids is 3. The maximum atomic E-state index is 13.7. The first-order chi connectivity index (χ1) is 27.2. The molecule has 6 rings (SSSR count). The Balaban J connectivity index is 1.34. The van der Waals surface area contributed by atoms with Crippen LogP contribution < -0.4 is 16.1 Å². The molecule has 5 aromatic rings. The van der Waals surface area contributed by atoms with Crippen LogP contribution in [-0.2, 0) is 25.5 Å². The number of nitrogens with one attached hydrogen (secondary N) is 1. The van der Waals surface area contributed by atoms with Crippen molar-refractivity contribution in [3.63, 3.8) is 0 Å². The lowest BCUT2D eigenvalue weighted by Gasteiger charge is -2.37. The molecule has 1 unspecified atom stereocenters. The molecule has 0 aliphatic carbocycles. The molecule has 1 saturated heterocycles. The van der Waals surface area contributed by atoms with Crippen molar-refractivity contribution >= 4 is 23.6 Å². The molecule has 4 atom stereocenters. The van der Waals surface area contributed by atoms with Gasteiger partial charge in [-0.25, -0.2) is 19.2 Å². The summed E-state index contributed by atoms with van der Waals surface area (Å²) in [6.07, 6.45) is -5.68. The first kappa shape index (κ1) is 39.3. The largest absolute Gasteiger partial charge is 0.459 e. The molecule has 2 N–H and O–H groups in total. The number of anilines is 1. The molecular weight excluding hydrogens is 720 g/mol. The highest BCUT2D eigenvalue weighted by molar-refractivity contribution is 5.91. The molecule has 0 radical (unpaired) electrons.